The Hall–Kier alpha value is -1.34. The minimum absolute atomic E-state index is 0.0653. The summed E-state index contributed by atoms with van der Waals surface area (Å²) in [5.74, 6) is -0.231. The first kappa shape index (κ1) is 17.7. The standard InChI is InChI=1S/C14H22N2O4S/c1-14(2,3)10(17)7-13-16(12(19)9-21-13)8-11(18)15-5-6-20-4/h7H,5-6,8-9H2,1-4H3,(H,15,18). The molecule has 0 radical (unpaired) electrons. The summed E-state index contributed by atoms with van der Waals surface area (Å²) in [4.78, 5) is 37.0. The van der Waals surface area contributed by atoms with Crippen molar-refractivity contribution in [1.29, 1.82) is 0 Å². The number of thioether (sulfide) groups is 1. The van der Waals surface area contributed by atoms with Crippen LogP contribution in [0.2, 0.25) is 0 Å². The molecule has 118 valence electrons. The number of rotatable bonds is 6. The zero-order chi connectivity index (χ0) is 16.0. The van der Waals surface area contributed by atoms with Crippen molar-refractivity contribution in [3.63, 3.8) is 0 Å². The monoisotopic (exact) mass is 314 g/mol. The molecule has 1 rings (SSSR count). The zero-order valence-electron chi connectivity index (χ0n) is 12.9. The van der Waals surface area contributed by atoms with Gasteiger partial charge in [-0.25, -0.2) is 0 Å². The van der Waals surface area contributed by atoms with Crippen molar-refractivity contribution in [2.75, 3.05) is 32.6 Å². The van der Waals surface area contributed by atoms with Gasteiger partial charge in [0.2, 0.25) is 11.8 Å². The van der Waals surface area contributed by atoms with Crippen LogP contribution < -0.4 is 5.32 Å². The number of carbonyl (C=O) groups excluding carboxylic acids is 3. The van der Waals surface area contributed by atoms with E-state index >= 15 is 0 Å². The largest absolute Gasteiger partial charge is 0.383 e. The second-order valence-corrected chi connectivity index (χ2v) is 6.70. The maximum atomic E-state index is 12.0. The van der Waals surface area contributed by atoms with Gasteiger partial charge in [0.05, 0.1) is 17.4 Å². The molecule has 1 saturated heterocycles. The van der Waals surface area contributed by atoms with Crippen molar-refractivity contribution < 1.29 is 19.1 Å². The number of nitrogens with zero attached hydrogens (tertiary/aromatic N) is 1. The Bertz CT molecular complexity index is 454. The van der Waals surface area contributed by atoms with Gasteiger partial charge in [-0.15, -0.1) is 0 Å². The van der Waals surface area contributed by atoms with Gasteiger partial charge in [0, 0.05) is 25.1 Å². The second-order valence-electron chi connectivity index (χ2n) is 5.71. The van der Waals surface area contributed by atoms with Gasteiger partial charge in [0.25, 0.3) is 0 Å². The first-order valence-corrected chi connectivity index (χ1v) is 7.69. The molecular formula is C14H22N2O4S. The minimum Gasteiger partial charge on any atom is -0.383 e. The van der Waals surface area contributed by atoms with Crippen LogP contribution in [-0.2, 0) is 19.1 Å². The van der Waals surface area contributed by atoms with Gasteiger partial charge in [0.1, 0.15) is 6.54 Å². The molecule has 21 heavy (non-hydrogen) atoms. The number of ketones is 1. The van der Waals surface area contributed by atoms with Crippen LogP contribution >= 0.6 is 11.8 Å². The van der Waals surface area contributed by atoms with Crippen LogP contribution in [-0.4, -0.2) is 55.1 Å². The minimum atomic E-state index is -0.508. The molecule has 0 bridgehead atoms. The van der Waals surface area contributed by atoms with Crippen molar-refractivity contribution in [2.45, 2.75) is 20.8 Å². The summed E-state index contributed by atoms with van der Waals surface area (Å²) >= 11 is 1.29. The van der Waals surface area contributed by atoms with E-state index in [0.29, 0.717) is 18.2 Å². The molecule has 1 N–H and O–H groups in total. The number of ether oxygens (including phenoxy) is 1. The SMILES string of the molecule is COCCNC(=O)CN1C(=O)CSC1=CC(=O)C(C)(C)C. The lowest BCUT2D eigenvalue weighted by Crippen LogP contribution is -2.39. The third kappa shape index (κ3) is 5.51. The number of nitrogens with one attached hydrogen (secondary N) is 1. The maximum Gasteiger partial charge on any atom is 0.240 e. The molecule has 1 aliphatic rings. The second kappa shape index (κ2) is 7.61. The lowest BCUT2D eigenvalue weighted by Gasteiger charge is -2.19. The average Bonchev–Trinajstić information content (AvgIpc) is 2.70. The van der Waals surface area contributed by atoms with Crippen LogP contribution in [0, 0.1) is 5.41 Å². The summed E-state index contributed by atoms with van der Waals surface area (Å²) in [6, 6.07) is 0. The van der Waals surface area contributed by atoms with Crippen molar-refractivity contribution in [3.8, 4) is 0 Å². The van der Waals surface area contributed by atoms with Crippen molar-refractivity contribution in [1.82, 2.24) is 10.2 Å². The summed E-state index contributed by atoms with van der Waals surface area (Å²) in [5, 5.41) is 3.20. The fourth-order valence-electron chi connectivity index (χ4n) is 1.52. The maximum absolute atomic E-state index is 12.0. The fourth-order valence-corrected chi connectivity index (χ4v) is 2.46. The Labute approximate surface area is 129 Å². The van der Waals surface area contributed by atoms with Gasteiger partial charge in [-0.1, -0.05) is 32.5 Å². The quantitative estimate of drug-likeness (QED) is 0.579. The summed E-state index contributed by atoms with van der Waals surface area (Å²) in [5.41, 5.74) is -0.508. The van der Waals surface area contributed by atoms with E-state index in [0.717, 1.165) is 0 Å². The smallest absolute Gasteiger partial charge is 0.240 e. The van der Waals surface area contributed by atoms with Crippen molar-refractivity contribution >= 4 is 29.4 Å². The number of hydrogen-bond acceptors (Lipinski definition) is 5. The van der Waals surface area contributed by atoms with Gasteiger partial charge < -0.3 is 10.1 Å². The van der Waals surface area contributed by atoms with E-state index in [1.807, 2.05) is 20.8 Å². The summed E-state index contributed by atoms with van der Waals surface area (Å²) < 4.78 is 4.84. The number of carbonyl (C=O) groups is 3. The van der Waals surface area contributed by atoms with E-state index in [2.05, 4.69) is 5.32 Å². The molecule has 7 heteroatoms. The van der Waals surface area contributed by atoms with Gasteiger partial charge in [-0.3, -0.25) is 19.3 Å². The van der Waals surface area contributed by atoms with E-state index < -0.39 is 5.41 Å². The van der Waals surface area contributed by atoms with Crippen LogP contribution in [0.5, 0.6) is 0 Å². The van der Waals surface area contributed by atoms with Gasteiger partial charge >= 0.3 is 0 Å². The highest BCUT2D eigenvalue weighted by molar-refractivity contribution is 8.04. The van der Waals surface area contributed by atoms with Crippen LogP contribution in [0.4, 0.5) is 0 Å². The van der Waals surface area contributed by atoms with E-state index in [-0.39, 0.29) is 29.9 Å². The number of allylic oxidation sites excluding steroid dienone is 1. The summed E-state index contributed by atoms with van der Waals surface area (Å²) in [6.45, 7) is 6.18. The van der Waals surface area contributed by atoms with Crippen molar-refractivity contribution in [3.05, 3.63) is 11.1 Å². The van der Waals surface area contributed by atoms with Crippen molar-refractivity contribution in [2.24, 2.45) is 5.41 Å². The van der Waals surface area contributed by atoms with Crippen LogP contribution in [0.3, 0.4) is 0 Å². The van der Waals surface area contributed by atoms with E-state index in [1.165, 1.54) is 22.7 Å². The Morgan fingerprint density at radius 3 is 2.67 bits per heavy atom. The predicted octanol–water partition coefficient (Wildman–Crippen LogP) is 0.781. The molecule has 0 aliphatic carbocycles. The van der Waals surface area contributed by atoms with E-state index in [1.54, 1.807) is 7.11 Å². The normalized spacial score (nSPS) is 17.4. The lowest BCUT2D eigenvalue weighted by molar-refractivity contribution is -0.131. The first-order chi connectivity index (χ1) is 9.75. The highest BCUT2D eigenvalue weighted by atomic mass is 32.2. The Morgan fingerprint density at radius 1 is 1.43 bits per heavy atom. The molecule has 1 heterocycles. The van der Waals surface area contributed by atoms with E-state index in [4.69, 9.17) is 4.74 Å². The number of amides is 2. The highest BCUT2D eigenvalue weighted by Crippen LogP contribution is 2.30. The Balaban J connectivity index is 2.69. The predicted molar refractivity (Wildman–Crippen MR) is 81.6 cm³/mol. The van der Waals surface area contributed by atoms with Gasteiger partial charge in [-0.2, -0.15) is 0 Å². The average molecular weight is 314 g/mol. The van der Waals surface area contributed by atoms with Crippen LogP contribution in [0.25, 0.3) is 0 Å². The molecule has 0 aromatic rings. The fraction of sp³-hybridized carbons (Fsp3) is 0.643. The Morgan fingerprint density at radius 2 is 2.10 bits per heavy atom. The molecule has 0 spiro atoms. The van der Waals surface area contributed by atoms with Gasteiger partial charge in [0.15, 0.2) is 5.78 Å². The Kier molecular flexibility index (Phi) is 6.42. The topological polar surface area (TPSA) is 75.7 Å². The summed E-state index contributed by atoms with van der Waals surface area (Å²) in [7, 11) is 1.55. The molecule has 0 aromatic heterocycles. The molecule has 2 amide bonds. The molecule has 0 saturated carbocycles. The first-order valence-electron chi connectivity index (χ1n) is 6.70. The molecule has 0 atom stereocenters. The van der Waals surface area contributed by atoms with Crippen LogP contribution in [0.1, 0.15) is 20.8 Å². The van der Waals surface area contributed by atoms with Gasteiger partial charge in [-0.05, 0) is 0 Å². The number of methoxy groups -OCH3 is 1. The molecular weight excluding hydrogens is 292 g/mol. The lowest BCUT2D eigenvalue weighted by atomic mass is 9.91. The third-order valence-corrected chi connectivity index (χ3v) is 3.86. The van der Waals surface area contributed by atoms with Crippen LogP contribution in [0.15, 0.2) is 11.1 Å². The molecule has 0 unspecified atom stereocenters. The molecule has 0 aromatic carbocycles. The number of hydrogen-bond donors (Lipinski definition) is 1. The van der Waals surface area contributed by atoms with E-state index in [9.17, 15) is 14.4 Å². The molecule has 1 fully saturated rings. The third-order valence-electron chi connectivity index (χ3n) is 2.83. The summed E-state index contributed by atoms with van der Waals surface area (Å²) in [6.07, 6.45) is 1.46. The zero-order valence-corrected chi connectivity index (χ0v) is 13.7. The highest BCUT2D eigenvalue weighted by Gasteiger charge is 2.30. The molecule has 1 aliphatic heterocycles. The molecule has 6 nitrogen and oxygen atoms in total.